The van der Waals surface area contributed by atoms with Crippen molar-refractivity contribution >= 4 is 15.9 Å². The van der Waals surface area contributed by atoms with E-state index >= 15 is 0 Å². The molecule has 0 saturated heterocycles. The molecule has 8 nitrogen and oxygen atoms in total. The second-order valence-corrected chi connectivity index (χ2v) is 8.03. The minimum Gasteiger partial charge on any atom is -0.348 e. The van der Waals surface area contributed by atoms with Crippen LogP contribution in [0.25, 0.3) is 0 Å². The number of carbonyl (C=O) groups excluding carboxylic acids is 1. The Labute approximate surface area is 137 Å². The number of aromatic nitrogens is 3. The fraction of sp³-hybridized carbons (Fsp3) is 0.786. The van der Waals surface area contributed by atoms with Crippen LogP contribution in [0.3, 0.4) is 0 Å². The number of nitrogens with zero attached hydrogens (tertiary/aromatic N) is 4. The smallest absolute Gasteiger partial charge is 0.289 e. The topological polar surface area (TPSA) is 97.2 Å². The Hall–Kier alpha value is -1.48. The summed E-state index contributed by atoms with van der Waals surface area (Å²) in [7, 11) is -1.76. The molecule has 0 atom stereocenters. The molecular weight excluding hydrogens is 318 g/mol. The molecule has 1 aromatic heterocycles. The van der Waals surface area contributed by atoms with Crippen molar-refractivity contribution < 1.29 is 13.2 Å². The molecule has 9 heteroatoms. The van der Waals surface area contributed by atoms with Crippen LogP contribution < -0.4 is 5.32 Å². The predicted octanol–water partition coefficient (Wildman–Crippen LogP) is 0.754. The molecule has 0 saturated carbocycles. The molecule has 130 valence electrons. The van der Waals surface area contributed by atoms with E-state index < -0.39 is 10.0 Å². The summed E-state index contributed by atoms with van der Waals surface area (Å²) in [6, 6.07) is 0. The first kappa shape index (κ1) is 17.9. The first-order chi connectivity index (χ1) is 11.0. The van der Waals surface area contributed by atoms with Crippen LogP contribution in [0.15, 0.2) is 0 Å². The first-order valence-corrected chi connectivity index (χ1v) is 9.71. The van der Waals surface area contributed by atoms with Crippen molar-refractivity contribution in [3.63, 3.8) is 0 Å². The van der Waals surface area contributed by atoms with Crippen molar-refractivity contribution in [2.75, 3.05) is 19.3 Å². The van der Waals surface area contributed by atoms with Crippen LogP contribution in [0.4, 0.5) is 0 Å². The Morgan fingerprint density at radius 2 is 1.96 bits per heavy atom. The monoisotopic (exact) mass is 343 g/mol. The van der Waals surface area contributed by atoms with Gasteiger partial charge in [-0.3, -0.25) is 4.79 Å². The second-order valence-electron chi connectivity index (χ2n) is 5.83. The number of unbranched alkanes of at least 4 members (excludes halogenated alkanes) is 4. The summed E-state index contributed by atoms with van der Waals surface area (Å²) in [5.74, 6) is 0.634. The van der Waals surface area contributed by atoms with Gasteiger partial charge in [-0.25, -0.2) is 8.42 Å². The van der Waals surface area contributed by atoms with Gasteiger partial charge in [0.2, 0.25) is 15.8 Å². The molecule has 1 N–H and O–H groups in total. The van der Waals surface area contributed by atoms with Gasteiger partial charge in [-0.15, -0.1) is 10.2 Å². The molecule has 1 aromatic rings. The molecule has 23 heavy (non-hydrogen) atoms. The van der Waals surface area contributed by atoms with Gasteiger partial charge in [-0.1, -0.05) is 32.6 Å². The Kier molecular flexibility index (Phi) is 6.11. The molecular formula is C14H25N5O3S. The number of hydrogen-bond acceptors (Lipinski definition) is 5. The van der Waals surface area contributed by atoms with Crippen LogP contribution in [0.2, 0.25) is 0 Å². The fourth-order valence-corrected chi connectivity index (χ4v) is 3.75. The third-order valence-electron chi connectivity index (χ3n) is 4.00. The van der Waals surface area contributed by atoms with E-state index in [0.717, 1.165) is 25.7 Å². The third-order valence-corrected chi connectivity index (χ3v) is 5.88. The Morgan fingerprint density at radius 3 is 2.70 bits per heavy atom. The van der Waals surface area contributed by atoms with E-state index in [1.165, 1.54) is 4.31 Å². The highest BCUT2D eigenvalue weighted by atomic mass is 32.2. The fourth-order valence-electron chi connectivity index (χ4n) is 2.56. The van der Waals surface area contributed by atoms with E-state index in [1.807, 2.05) is 0 Å². The van der Waals surface area contributed by atoms with Gasteiger partial charge in [0.25, 0.3) is 5.91 Å². The van der Waals surface area contributed by atoms with Crippen molar-refractivity contribution in [1.82, 2.24) is 24.4 Å². The van der Waals surface area contributed by atoms with Gasteiger partial charge in [0.1, 0.15) is 5.82 Å². The van der Waals surface area contributed by atoms with E-state index in [1.54, 1.807) is 11.6 Å². The molecule has 1 amide bonds. The summed E-state index contributed by atoms with van der Waals surface area (Å²) >= 11 is 0. The number of sulfonamides is 1. The standard InChI is InChI=1S/C14H25N5O3S/c1-3-4-5-6-7-10-23(21,22)18(2)11-12-16-17-13-14(20)15-8-9-19(12)13/h3-11H2,1-2H3,(H,15,20). The van der Waals surface area contributed by atoms with Crippen LogP contribution in [0, 0.1) is 0 Å². The van der Waals surface area contributed by atoms with Crippen molar-refractivity contribution in [1.29, 1.82) is 0 Å². The lowest BCUT2D eigenvalue weighted by Gasteiger charge is -2.19. The van der Waals surface area contributed by atoms with Crippen LogP contribution in [0.1, 0.15) is 55.5 Å². The number of fused-ring (bicyclic) bond motifs is 1. The molecule has 0 unspecified atom stereocenters. The van der Waals surface area contributed by atoms with Gasteiger partial charge in [0, 0.05) is 20.1 Å². The Balaban J connectivity index is 1.93. The van der Waals surface area contributed by atoms with Gasteiger partial charge in [-0.2, -0.15) is 4.31 Å². The minimum absolute atomic E-state index is 0.136. The largest absolute Gasteiger partial charge is 0.348 e. The van der Waals surface area contributed by atoms with E-state index in [0.29, 0.717) is 25.3 Å². The lowest BCUT2D eigenvalue weighted by atomic mass is 10.2. The van der Waals surface area contributed by atoms with E-state index in [-0.39, 0.29) is 24.0 Å². The quantitative estimate of drug-likeness (QED) is 0.668. The van der Waals surface area contributed by atoms with Crippen LogP contribution in [-0.2, 0) is 23.1 Å². The van der Waals surface area contributed by atoms with Crippen LogP contribution >= 0.6 is 0 Å². The maximum absolute atomic E-state index is 12.3. The van der Waals surface area contributed by atoms with Gasteiger partial charge >= 0.3 is 0 Å². The normalized spacial score (nSPS) is 14.8. The lowest BCUT2D eigenvalue weighted by molar-refractivity contribution is 0.0920. The molecule has 0 aliphatic carbocycles. The van der Waals surface area contributed by atoms with E-state index in [4.69, 9.17) is 0 Å². The summed E-state index contributed by atoms with van der Waals surface area (Å²) < 4.78 is 27.6. The number of nitrogens with one attached hydrogen (secondary N) is 1. The maximum Gasteiger partial charge on any atom is 0.289 e. The minimum atomic E-state index is -3.31. The highest BCUT2D eigenvalue weighted by molar-refractivity contribution is 7.89. The summed E-state index contributed by atoms with van der Waals surface area (Å²) in [5, 5.41) is 10.5. The summed E-state index contributed by atoms with van der Waals surface area (Å²) in [6.45, 7) is 3.33. The molecule has 0 spiro atoms. The average molecular weight is 343 g/mol. The van der Waals surface area contributed by atoms with E-state index in [9.17, 15) is 13.2 Å². The highest BCUT2D eigenvalue weighted by Crippen LogP contribution is 2.12. The van der Waals surface area contributed by atoms with Gasteiger partial charge in [0.05, 0.1) is 12.3 Å². The Morgan fingerprint density at radius 1 is 1.22 bits per heavy atom. The molecule has 0 fully saturated rings. The second kappa shape index (κ2) is 7.87. The zero-order valence-corrected chi connectivity index (χ0v) is 14.6. The SMILES string of the molecule is CCCCCCCS(=O)(=O)N(C)Cc1nnc2n1CCNC2=O. The van der Waals surface area contributed by atoms with Crippen molar-refractivity contribution in [2.24, 2.45) is 0 Å². The molecule has 2 heterocycles. The van der Waals surface area contributed by atoms with Crippen molar-refractivity contribution in [2.45, 2.75) is 52.1 Å². The average Bonchev–Trinajstić information content (AvgIpc) is 2.91. The lowest BCUT2D eigenvalue weighted by Crippen LogP contribution is -2.37. The number of rotatable bonds is 9. The molecule has 2 rings (SSSR count). The van der Waals surface area contributed by atoms with E-state index in [2.05, 4.69) is 22.4 Å². The zero-order valence-electron chi connectivity index (χ0n) is 13.8. The first-order valence-electron chi connectivity index (χ1n) is 8.10. The molecule has 0 radical (unpaired) electrons. The van der Waals surface area contributed by atoms with Crippen LogP contribution in [0.5, 0.6) is 0 Å². The van der Waals surface area contributed by atoms with Crippen molar-refractivity contribution in [3.05, 3.63) is 11.6 Å². The molecule has 0 aromatic carbocycles. The van der Waals surface area contributed by atoms with Gasteiger partial charge in [0.15, 0.2) is 0 Å². The molecule has 1 aliphatic rings. The Bertz CT molecular complexity index is 641. The maximum atomic E-state index is 12.3. The van der Waals surface area contributed by atoms with Crippen LogP contribution in [-0.4, -0.2) is 52.7 Å². The molecule has 1 aliphatic heterocycles. The predicted molar refractivity (Wildman–Crippen MR) is 86.4 cm³/mol. The number of carbonyl (C=O) groups is 1. The van der Waals surface area contributed by atoms with Gasteiger partial charge in [-0.05, 0) is 6.42 Å². The summed E-state index contributed by atoms with van der Waals surface area (Å²) in [6.07, 6.45) is 4.96. The van der Waals surface area contributed by atoms with Gasteiger partial charge < -0.3 is 9.88 Å². The zero-order chi connectivity index (χ0) is 16.9. The molecule has 0 bridgehead atoms. The van der Waals surface area contributed by atoms with Crippen molar-refractivity contribution in [3.8, 4) is 0 Å². The highest BCUT2D eigenvalue weighted by Gasteiger charge is 2.25. The summed E-state index contributed by atoms with van der Waals surface area (Å²) in [5.41, 5.74) is 0. The number of hydrogen-bond donors (Lipinski definition) is 1. The summed E-state index contributed by atoms with van der Waals surface area (Å²) in [4.78, 5) is 11.6. The number of amides is 1. The third kappa shape index (κ3) is 4.51.